The fourth-order valence-corrected chi connectivity index (χ4v) is 5.26. The molecule has 0 saturated heterocycles. The molecule has 0 atom stereocenters. The van der Waals surface area contributed by atoms with Crippen LogP contribution in [0.5, 0.6) is 11.5 Å². The summed E-state index contributed by atoms with van der Waals surface area (Å²) in [6, 6.07) is 17.2. The average molecular weight is 495 g/mol. The van der Waals surface area contributed by atoms with Crippen molar-refractivity contribution in [3.8, 4) is 11.5 Å². The van der Waals surface area contributed by atoms with Gasteiger partial charge in [0.05, 0.1) is 23.8 Å². The lowest BCUT2D eigenvalue weighted by atomic mass is 9.98. The average Bonchev–Trinajstić information content (AvgIpc) is 2.85. The third-order valence-corrected chi connectivity index (χ3v) is 7.35. The van der Waals surface area contributed by atoms with E-state index in [2.05, 4.69) is 4.72 Å². The van der Waals surface area contributed by atoms with E-state index in [0.717, 1.165) is 22.4 Å². The number of hydrogen-bond donors (Lipinski definition) is 1. The highest BCUT2D eigenvalue weighted by Gasteiger charge is 2.24. The number of carbonyl (C=O) groups excluding carboxylic acids is 1. The third kappa shape index (κ3) is 5.43. The molecule has 184 valence electrons. The van der Waals surface area contributed by atoms with Crippen LogP contribution in [-0.2, 0) is 23.0 Å². The number of anilines is 1. The van der Waals surface area contributed by atoms with Crippen LogP contribution in [0.1, 0.15) is 40.9 Å². The minimum atomic E-state index is -3.76. The van der Waals surface area contributed by atoms with Gasteiger partial charge in [-0.3, -0.25) is 9.52 Å². The molecule has 0 saturated carbocycles. The van der Waals surface area contributed by atoms with Crippen molar-refractivity contribution >= 4 is 21.6 Å². The van der Waals surface area contributed by atoms with Crippen molar-refractivity contribution in [3.63, 3.8) is 0 Å². The second-order valence-corrected chi connectivity index (χ2v) is 10.0. The molecule has 1 heterocycles. The number of hydrogen-bond acceptors (Lipinski definition) is 5. The number of nitrogens with zero attached hydrogens (tertiary/aromatic N) is 1. The molecular formula is C27H30N2O5S. The summed E-state index contributed by atoms with van der Waals surface area (Å²) in [4.78, 5) is 15.1. The first-order valence-corrected chi connectivity index (χ1v) is 13.2. The molecule has 8 heteroatoms. The van der Waals surface area contributed by atoms with E-state index < -0.39 is 10.0 Å². The molecule has 0 radical (unpaired) electrons. The quantitative estimate of drug-likeness (QED) is 0.487. The highest BCUT2D eigenvalue weighted by atomic mass is 32.2. The Labute approximate surface area is 206 Å². The van der Waals surface area contributed by atoms with Crippen LogP contribution < -0.4 is 14.2 Å². The Bertz CT molecular complexity index is 1320. The zero-order valence-electron chi connectivity index (χ0n) is 20.2. The molecule has 1 amide bonds. The summed E-state index contributed by atoms with van der Waals surface area (Å²) in [6.45, 7) is 7.79. The number of fused-ring (bicyclic) bond motifs is 1. The van der Waals surface area contributed by atoms with Gasteiger partial charge in [-0.2, -0.15) is 0 Å². The van der Waals surface area contributed by atoms with Gasteiger partial charge in [-0.15, -0.1) is 0 Å². The smallest absolute Gasteiger partial charge is 0.261 e. The molecular weight excluding hydrogens is 464 g/mol. The number of amides is 1. The van der Waals surface area contributed by atoms with Crippen LogP contribution in [-0.4, -0.2) is 39.0 Å². The van der Waals surface area contributed by atoms with E-state index in [1.165, 1.54) is 12.1 Å². The predicted octanol–water partition coefficient (Wildman–Crippen LogP) is 4.79. The van der Waals surface area contributed by atoms with Gasteiger partial charge < -0.3 is 14.4 Å². The molecule has 1 N–H and O–H groups in total. The molecule has 0 aliphatic carbocycles. The number of aryl methyl sites for hydroxylation is 1. The van der Waals surface area contributed by atoms with Gasteiger partial charge in [0.1, 0.15) is 0 Å². The molecule has 3 aromatic rings. The monoisotopic (exact) mass is 494 g/mol. The molecule has 0 aromatic heterocycles. The summed E-state index contributed by atoms with van der Waals surface area (Å²) in [6.07, 6.45) is 0.709. The number of rotatable bonds is 8. The zero-order chi connectivity index (χ0) is 25.0. The van der Waals surface area contributed by atoms with Crippen molar-refractivity contribution in [1.82, 2.24) is 4.90 Å². The molecule has 0 bridgehead atoms. The van der Waals surface area contributed by atoms with Gasteiger partial charge >= 0.3 is 0 Å². The van der Waals surface area contributed by atoms with Crippen LogP contribution in [0.3, 0.4) is 0 Å². The number of benzene rings is 3. The maximum absolute atomic E-state index is 13.2. The molecule has 3 aromatic carbocycles. The lowest BCUT2D eigenvalue weighted by Gasteiger charge is -2.30. The number of sulfonamides is 1. The van der Waals surface area contributed by atoms with E-state index in [0.29, 0.717) is 49.7 Å². The van der Waals surface area contributed by atoms with Crippen LogP contribution in [0.15, 0.2) is 65.6 Å². The fourth-order valence-electron chi connectivity index (χ4n) is 4.12. The number of para-hydroxylation sites is 1. The topological polar surface area (TPSA) is 84.9 Å². The Balaban J connectivity index is 1.50. The maximum atomic E-state index is 13.2. The predicted molar refractivity (Wildman–Crippen MR) is 136 cm³/mol. The van der Waals surface area contributed by atoms with E-state index in [9.17, 15) is 13.2 Å². The molecule has 35 heavy (non-hydrogen) atoms. The van der Waals surface area contributed by atoms with Crippen LogP contribution in [0.25, 0.3) is 0 Å². The first-order valence-electron chi connectivity index (χ1n) is 11.7. The van der Waals surface area contributed by atoms with Crippen LogP contribution in [0, 0.1) is 6.92 Å². The SMILES string of the molecule is CCOc1cc2c(cc1OCC)CN(C(=O)c1ccc(S(=O)(=O)Nc3ccccc3C)cc1)CC2. The van der Waals surface area contributed by atoms with Gasteiger partial charge in [0.25, 0.3) is 15.9 Å². The molecule has 0 unspecified atom stereocenters. The number of carbonyl (C=O) groups is 1. The normalized spacial score (nSPS) is 13.2. The van der Waals surface area contributed by atoms with Crippen molar-refractivity contribution in [2.24, 2.45) is 0 Å². The standard InChI is InChI=1S/C27H30N2O5S/c1-4-33-25-16-21-14-15-29(18-22(21)17-26(25)34-5-2)27(30)20-10-12-23(13-11-20)35(31,32)28-24-9-7-6-8-19(24)3/h6-13,16-17,28H,4-5,14-15,18H2,1-3H3. The second kappa shape index (κ2) is 10.4. The first-order chi connectivity index (χ1) is 16.8. The lowest BCUT2D eigenvalue weighted by molar-refractivity contribution is 0.0734. The summed E-state index contributed by atoms with van der Waals surface area (Å²) < 4.78 is 39.7. The highest BCUT2D eigenvalue weighted by Crippen LogP contribution is 2.34. The summed E-state index contributed by atoms with van der Waals surface area (Å²) in [5.74, 6) is 1.26. The van der Waals surface area contributed by atoms with Crippen LogP contribution in [0.2, 0.25) is 0 Å². The Kier molecular flexibility index (Phi) is 7.31. The highest BCUT2D eigenvalue weighted by molar-refractivity contribution is 7.92. The lowest BCUT2D eigenvalue weighted by Crippen LogP contribution is -2.36. The fraction of sp³-hybridized carbons (Fsp3) is 0.296. The van der Waals surface area contributed by atoms with Crippen molar-refractivity contribution in [2.45, 2.75) is 38.6 Å². The first kappa shape index (κ1) is 24.6. The third-order valence-electron chi connectivity index (χ3n) is 5.97. The zero-order valence-corrected chi connectivity index (χ0v) is 21.0. The second-order valence-electron chi connectivity index (χ2n) is 8.36. The molecule has 4 rings (SSSR count). The molecule has 1 aliphatic heterocycles. The summed E-state index contributed by atoms with van der Waals surface area (Å²) in [5.41, 5.74) is 3.97. The van der Waals surface area contributed by atoms with E-state index >= 15 is 0 Å². The van der Waals surface area contributed by atoms with Crippen LogP contribution >= 0.6 is 0 Å². The minimum absolute atomic E-state index is 0.103. The van der Waals surface area contributed by atoms with Crippen molar-refractivity contribution in [3.05, 3.63) is 82.9 Å². The Morgan fingerprint density at radius 3 is 2.20 bits per heavy atom. The summed E-state index contributed by atoms with van der Waals surface area (Å²) >= 11 is 0. The van der Waals surface area contributed by atoms with E-state index in [4.69, 9.17) is 9.47 Å². The Hall–Kier alpha value is -3.52. The minimum Gasteiger partial charge on any atom is -0.490 e. The van der Waals surface area contributed by atoms with Crippen molar-refractivity contribution in [2.75, 3.05) is 24.5 Å². The summed E-state index contributed by atoms with van der Waals surface area (Å²) in [7, 11) is -3.76. The van der Waals surface area contributed by atoms with Crippen molar-refractivity contribution in [1.29, 1.82) is 0 Å². The van der Waals surface area contributed by atoms with E-state index in [1.54, 1.807) is 29.2 Å². The van der Waals surface area contributed by atoms with Gasteiger partial charge in [0, 0.05) is 18.7 Å². The Morgan fingerprint density at radius 2 is 1.57 bits per heavy atom. The number of ether oxygens (including phenoxy) is 2. The van der Waals surface area contributed by atoms with Crippen molar-refractivity contribution < 1.29 is 22.7 Å². The van der Waals surface area contributed by atoms with Gasteiger partial charge in [-0.05, 0) is 86.3 Å². The molecule has 0 fully saturated rings. The van der Waals surface area contributed by atoms with E-state index in [-0.39, 0.29) is 10.8 Å². The van der Waals surface area contributed by atoms with Gasteiger partial charge in [0.15, 0.2) is 11.5 Å². The Morgan fingerprint density at radius 1 is 0.943 bits per heavy atom. The largest absolute Gasteiger partial charge is 0.490 e. The van der Waals surface area contributed by atoms with Gasteiger partial charge in [-0.25, -0.2) is 8.42 Å². The summed E-state index contributed by atoms with van der Waals surface area (Å²) in [5, 5.41) is 0. The number of nitrogens with one attached hydrogen (secondary N) is 1. The van der Waals surface area contributed by atoms with E-state index in [1.807, 2.05) is 45.0 Å². The molecule has 7 nitrogen and oxygen atoms in total. The molecule has 1 aliphatic rings. The van der Waals surface area contributed by atoms with Gasteiger partial charge in [0.2, 0.25) is 0 Å². The van der Waals surface area contributed by atoms with Crippen LogP contribution in [0.4, 0.5) is 5.69 Å². The van der Waals surface area contributed by atoms with Gasteiger partial charge in [-0.1, -0.05) is 18.2 Å². The molecule has 0 spiro atoms. The maximum Gasteiger partial charge on any atom is 0.261 e.